The lowest BCUT2D eigenvalue weighted by molar-refractivity contribution is -0.129. The number of carbonyl (C=O) groups excluding carboxylic acids is 2. The third-order valence-corrected chi connectivity index (χ3v) is 3.99. The van der Waals surface area contributed by atoms with Crippen LogP contribution < -0.4 is 10.9 Å². The molecular formula is C19H17FN4O3. The highest BCUT2D eigenvalue weighted by Crippen LogP contribution is 2.07. The first-order valence-corrected chi connectivity index (χ1v) is 8.20. The number of aromatic nitrogens is 2. The first-order chi connectivity index (χ1) is 13.0. The van der Waals surface area contributed by atoms with Gasteiger partial charge in [-0.05, 0) is 24.3 Å². The molecule has 8 heteroatoms. The number of halogens is 1. The third-order valence-electron chi connectivity index (χ3n) is 3.99. The zero-order valence-electron chi connectivity index (χ0n) is 14.5. The van der Waals surface area contributed by atoms with Gasteiger partial charge in [-0.3, -0.25) is 14.4 Å². The van der Waals surface area contributed by atoms with E-state index in [-0.39, 0.29) is 24.2 Å². The van der Waals surface area contributed by atoms with Crippen LogP contribution in [0.15, 0.2) is 53.3 Å². The SMILES string of the molecule is CN(Cc1nc2ccccc2c(=O)[nH]1)C(=O)CNC(=O)c1ccccc1F. The number of rotatable bonds is 5. The Labute approximate surface area is 153 Å². The summed E-state index contributed by atoms with van der Waals surface area (Å²) in [5, 5.41) is 2.85. The van der Waals surface area contributed by atoms with E-state index in [1.54, 1.807) is 24.3 Å². The first kappa shape index (κ1) is 18.2. The summed E-state index contributed by atoms with van der Waals surface area (Å²) in [7, 11) is 1.52. The van der Waals surface area contributed by atoms with E-state index in [0.717, 1.165) is 0 Å². The third kappa shape index (κ3) is 4.17. The van der Waals surface area contributed by atoms with Crippen LogP contribution in [0.3, 0.4) is 0 Å². The molecule has 2 N–H and O–H groups in total. The van der Waals surface area contributed by atoms with E-state index in [0.29, 0.717) is 16.7 Å². The van der Waals surface area contributed by atoms with Crippen molar-refractivity contribution in [3.8, 4) is 0 Å². The number of fused-ring (bicyclic) bond motifs is 1. The van der Waals surface area contributed by atoms with Gasteiger partial charge >= 0.3 is 0 Å². The second kappa shape index (κ2) is 7.77. The van der Waals surface area contributed by atoms with E-state index in [1.807, 2.05) is 0 Å². The number of hydrogen-bond acceptors (Lipinski definition) is 4. The number of H-pyrrole nitrogens is 1. The number of likely N-dealkylation sites (N-methyl/N-ethyl adjacent to an activating group) is 1. The molecule has 0 radical (unpaired) electrons. The van der Waals surface area contributed by atoms with Crippen molar-refractivity contribution < 1.29 is 14.0 Å². The summed E-state index contributed by atoms with van der Waals surface area (Å²) in [4.78, 5) is 44.5. The highest BCUT2D eigenvalue weighted by Gasteiger charge is 2.15. The van der Waals surface area contributed by atoms with Crippen molar-refractivity contribution in [2.24, 2.45) is 0 Å². The van der Waals surface area contributed by atoms with Crippen LogP contribution >= 0.6 is 0 Å². The Balaban J connectivity index is 1.63. The van der Waals surface area contributed by atoms with Gasteiger partial charge in [-0.1, -0.05) is 24.3 Å². The molecule has 27 heavy (non-hydrogen) atoms. The maximum Gasteiger partial charge on any atom is 0.258 e. The van der Waals surface area contributed by atoms with Crippen LogP contribution in [0.4, 0.5) is 4.39 Å². The first-order valence-electron chi connectivity index (χ1n) is 8.20. The number of nitrogens with one attached hydrogen (secondary N) is 2. The van der Waals surface area contributed by atoms with Gasteiger partial charge in [-0.25, -0.2) is 9.37 Å². The minimum Gasteiger partial charge on any atom is -0.343 e. The van der Waals surface area contributed by atoms with Crippen LogP contribution in [-0.2, 0) is 11.3 Å². The van der Waals surface area contributed by atoms with E-state index in [2.05, 4.69) is 15.3 Å². The molecule has 7 nitrogen and oxygen atoms in total. The molecule has 2 aromatic carbocycles. The van der Waals surface area contributed by atoms with Crippen molar-refractivity contribution in [1.29, 1.82) is 0 Å². The molecule has 0 fully saturated rings. The number of amides is 2. The average Bonchev–Trinajstić information content (AvgIpc) is 2.66. The quantitative estimate of drug-likeness (QED) is 0.713. The molecule has 0 saturated carbocycles. The second-order valence-electron chi connectivity index (χ2n) is 5.94. The molecule has 0 saturated heterocycles. The van der Waals surface area contributed by atoms with Gasteiger partial charge in [-0.15, -0.1) is 0 Å². The van der Waals surface area contributed by atoms with E-state index in [9.17, 15) is 18.8 Å². The average molecular weight is 368 g/mol. The largest absolute Gasteiger partial charge is 0.343 e. The fourth-order valence-electron chi connectivity index (χ4n) is 2.55. The van der Waals surface area contributed by atoms with Crippen LogP contribution in [-0.4, -0.2) is 40.3 Å². The molecule has 0 aliphatic rings. The molecule has 0 atom stereocenters. The number of carbonyl (C=O) groups is 2. The fraction of sp³-hybridized carbons (Fsp3) is 0.158. The molecule has 1 aromatic heterocycles. The van der Waals surface area contributed by atoms with Crippen molar-refractivity contribution in [1.82, 2.24) is 20.2 Å². The Morgan fingerprint density at radius 1 is 1.15 bits per heavy atom. The van der Waals surface area contributed by atoms with Gasteiger partial charge in [0.05, 0.1) is 29.6 Å². The minimum absolute atomic E-state index is 0.0640. The molecule has 3 rings (SSSR count). The topological polar surface area (TPSA) is 95.2 Å². The summed E-state index contributed by atoms with van der Waals surface area (Å²) in [5.74, 6) is -1.41. The molecule has 0 aliphatic carbocycles. The van der Waals surface area contributed by atoms with Gasteiger partial charge in [0, 0.05) is 7.05 Å². The molecule has 0 unspecified atom stereocenters. The van der Waals surface area contributed by atoms with Crippen molar-refractivity contribution in [3.63, 3.8) is 0 Å². The van der Waals surface area contributed by atoms with Gasteiger partial charge < -0.3 is 15.2 Å². The molecule has 0 spiro atoms. The van der Waals surface area contributed by atoms with Gasteiger partial charge in [0.25, 0.3) is 11.5 Å². The Bertz CT molecular complexity index is 1060. The lowest BCUT2D eigenvalue weighted by Crippen LogP contribution is -2.38. The molecule has 0 bridgehead atoms. The molecule has 2 amide bonds. The van der Waals surface area contributed by atoms with Gasteiger partial charge in [0.2, 0.25) is 5.91 Å². The summed E-state index contributed by atoms with van der Waals surface area (Å²) in [6, 6.07) is 12.4. The fourth-order valence-corrected chi connectivity index (χ4v) is 2.55. The van der Waals surface area contributed by atoms with Crippen LogP contribution in [0.2, 0.25) is 0 Å². The van der Waals surface area contributed by atoms with E-state index in [4.69, 9.17) is 0 Å². The number of aromatic amines is 1. The predicted octanol–water partition coefficient (Wildman–Crippen LogP) is 1.45. The Morgan fingerprint density at radius 2 is 1.85 bits per heavy atom. The highest BCUT2D eigenvalue weighted by molar-refractivity contribution is 5.96. The normalized spacial score (nSPS) is 10.6. The second-order valence-corrected chi connectivity index (χ2v) is 5.94. The van der Waals surface area contributed by atoms with E-state index < -0.39 is 17.6 Å². The van der Waals surface area contributed by atoms with Gasteiger partial charge in [0.1, 0.15) is 11.6 Å². The van der Waals surface area contributed by atoms with Crippen molar-refractivity contribution in [3.05, 3.63) is 76.1 Å². The van der Waals surface area contributed by atoms with Crippen LogP contribution in [0.5, 0.6) is 0 Å². The molecule has 3 aromatic rings. The summed E-state index contributed by atoms with van der Waals surface area (Å²) in [5.41, 5.74) is 0.114. The van der Waals surface area contributed by atoms with Crippen molar-refractivity contribution in [2.45, 2.75) is 6.54 Å². The molecular weight excluding hydrogens is 351 g/mol. The van der Waals surface area contributed by atoms with Crippen LogP contribution in [0, 0.1) is 5.82 Å². The van der Waals surface area contributed by atoms with Crippen molar-refractivity contribution in [2.75, 3.05) is 13.6 Å². The number of para-hydroxylation sites is 1. The molecule has 138 valence electrons. The molecule has 1 heterocycles. The minimum atomic E-state index is -0.674. The summed E-state index contributed by atoms with van der Waals surface area (Å²) >= 11 is 0. The van der Waals surface area contributed by atoms with Crippen molar-refractivity contribution >= 4 is 22.7 Å². The molecule has 0 aliphatic heterocycles. The summed E-state index contributed by atoms with van der Waals surface area (Å²) in [6.45, 7) is -0.240. The predicted molar refractivity (Wildman–Crippen MR) is 97.6 cm³/mol. The maximum absolute atomic E-state index is 13.6. The lowest BCUT2D eigenvalue weighted by atomic mass is 10.2. The van der Waals surface area contributed by atoms with Gasteiger partial charge in [0.15, 0.2) is 0 Å². The Morgan fingerprint density at radius 3 is 2.63 bits per heavy atom. The Kier molecular flexibility index (Phi) is 5.25. The summed E-state index contributed by atoms with van der Waals surface area (Å²) < 4.78 is 13.6. The zero-order chi connectivity index (χ0) is 19.4. The monoisotopic (exact) mass is 368 g/mol. The number of nitrogens with zero attached hydrogens (tertiary/aromatic N) is 2. The standard InChI is InChI=1S/C19H17FN4O3/c1-24(11-16-22-15-9-5-3-7-13(15)19(27)23-16)17(25)10-21-18(26)12-6-2-4-8-14(12)20/h2-9H,10-11H2,1H3,(H,21,26)(H,22,23,27). The highest BCUT2D eigenvalue weighted by atomic mass is 19.1. The summed E-state index contributed by atoms with van der Waals surface area (Å²) in [6.07, 6.45) is 0. The van der Waals surface area contributed by atoms with Gasteiger partial charge in [-0.2, -0.15) is 0 Å². The van der Waals surface area contributed by atoms with Crippen LogP contribution in [0.1, 0.15) is 16.2 Å². The number of benzene rings is 2. The zero-order valence-corrected chi connectivity index (χ0v) is 14.5. The Hall–Kier alpha value is -3.55. The van der Waals surface area contributed by atoms with E-state index >= 15 is 0 Å². The smallest absolute Gasteiger partial charge is 0.258 e. The van der Waals surface area contributed by atoms with E-state index in [1.165, 1.54) is 36.2 Å². The lowest BCUT2D eigenvalue weighted by Gasteiger charge is -2.17. The maximum atomic E-state index is 13.6. The van der Waals surface area contributed by atoms with Crippen LogP contribution in [0.25, 0.3) is 10.9 Å². The number of hydrogen-bond donors (Lipinski definition) is 2.